The van der Waals surface area contributed by atoms with Crippen LogP contribution in [0.5, 0.6) is 0 Å². The molecule has 0 saturated carbocycles. The van der Waals surface area contributed by atoms with Crippen molar-refractivity contribution in [1.82, 2.24) is 9.88 Å². The molecule has 1 N–H and O–H groups in total. The molecule has 1 aromatic heterocycles. The van der Waals surface area contributed by atoms with Gasteiger partial charge in [0.1, 0.15) is 10.6 Å². The Kier molecular flexibility index (Phi) is 5.29. The van der Waals surface area contributed by atoms with E-state index in [9.17, 15) is 13.2 Å². The van der Waals surface area contributed by atoms with Gasteiger partial charge in [-0.05, 0) is 25.3 Å². The van der Waals surface area contributed by atoms with E-state index in [0.29, 0.717) is 19.7 Å². The molecule has 0 spiro atoms. The van der Waals surface area contributed by atoms with E-state index in [1.54, 1.807) is 4.90 Å². The van der Waals surface area contributed by atoms with Gasteiger partial charge in [0.05, 0.1) is 6.10 Å². The molecule has 0 aliphatic carbocycles. The molecule has 8 heteroatoms. The summed E-state index contributed by atoms with van der Waals surface area (Å²) in [7, 11) is 1.43. The Morgan fingerprint density at radius 2 is 2.33 bits per heavy atom. The minimum Gasteiger partial charge on any atom is -0.376 e. The van der Waals surface area contributed by atoms with Crippen LogP contribution in [-0.4, -0.2) is 50.0 Å². The van der Waals surface area contributed by atoms with Crippen LogP contribution in [0, 0.1) is 0 Å². The number of aromatic amines is 1. The van der Waals surface area contributed by atoms with Crippen LogP contribution in [0.15, 0.2) is 17.2 Å². The number of amides is 1. The van der Waals surface area contributed by atoms with Crippen LogP contribution in [0.25, 0.3) is 0 Å². The summed E-state index contributed by atoms with van der Waals surface area (Å²) in [6.07, 6.45) is 4.04. The summed E-state index contributed by atoms with van der Waals surface area (Å²) in [5.74, 6) is -0.230. The fourth-order valence-corrected chi connectivity index (χ4v) is 3.08. The highest BCUT2D eigenvalue weighted by atomic mass is 35.7. The number of nitrogens with zero attached hydrogens (tertiary/aromatic N) is 1. The van der Waals surface area contributed by atoms with Gasteiger partial charge in [0.15, 0.2) is 0 Å². The normalized spacial score (nSPS) is 19.7. The lowest BCUT2D eigenvalue weighted by atomic mass is 10.1. The molecule has 0 aromatic carbocycles. The molecule has 0 bridgehead atoms. The zero-order valence-electron chi connectivity index (χ0n) is 11.8. The van der Waals surface area contributed by atoms with Gasteiger partial charge in [-0.15, -0.1) is 0 Å². The summed E-state index contributed by atoms with van der Waals surface area (Å²) in [4.78, 5) is 16.6. The summed E-state index contributed by atoms with van der Waals surface area (Å²) in [6.45, 7) is 3.90. The lowest BCUT2D eigenvalue weighted by Gasteiger charge is -2.32. The third-order valence-electron chi connectivity index (χ3n) is 3.39. The highest BCUT2D eigenvalue weighted by Crippen LogP contribution is 2.19. The maximum atomic E-state index is 12.4. The molecule has 1 saturated heterocycles. The number of carbonyl (C=O) groups is 1. The lowest BCUT2D eigenvalue weighted by molar-refractivity contribution is 0.00194. The summed E-state index contributed by atoms with van der Waals surface area (Å²) in [5, 5.41) is 0. The van der Waals surface area contributed by atoms with Crippen LogP contribution in [0.4, 0.5) is 0 Å². The SMILES string of the molecule is CCCOC1CCCN(C(=O)c2cc(S(=O)(=O)Cl)c[nH]2)C1. The van der Waals surface area contributed by atoms with Crippen LogP contribution >= 0.6 is 10.7 Å². The van der Waals surface area contributed by atoms with Gasteiger partial charge in [0.2, 0.25) is 0 Å². The van der Waals surface area contributed by atoms with Gasteiger partial charge >= 0.3 is 0 Å². The van der Waals surface area contributed by atoms with Crippen LogP contribution in [-0.2, 0) is 13.8 Å². The van der Waals surface area contributed by atoms with Crippen molar-refractivity contribution in [2.45, 2.75) is 37.2 Å². The first-order valence-electron chi connectivity index (χ1n) is 6.95. The number of halogens is 1. The van der Waals surface area contributed by atoms with Gasteiger partial charge in [-0.25, -0.2) is 8.42 Å². The summed E-state index contributed by atoms with van der Waals surface area (Å²) < 4.78 is 28.1. The molecule has 0 radical (unpaired) electrons. The number of likely N-dealkylation sites (tertiary alicyclic amines) is 1. The van der Waals surface area contributed by atoms with E-state index in [1.807, 2.05) is 6.92 Å². The number of H-pyrrole nitrogens is 1. The average Bonchev–Trinajstić information content (AvgIpc) is 2.94. The molecule has 1 atom stereocenters. The Morgan fingerprint density at radius 3 is 2.95 bits per heavy atom. The molecule has 2 rings (SSSR count). The van der Waals surface area contributed by atoms with Gasteiger partial charge < -0.3 is 14.6 Å². The molecule has 1 fully saturated rings. The minimum absolute atomic E-state index is 0.0499. The van der Waals surface area contributed by atoms with Crippen molar-refractivity contribution in [3.8, 4) is 0 Å². The molecule has 21 heavy (non-hydrogen) atoms. The van der Waals surface area contributed by atoms with Crippen molar-refractivity contribution < 1.29 is 17.9 Å². The first-order chi connectivity index (χ1) is 9.91. The lowest BCUT2D eigenvalue weighted by Crippen LogP contribution is -2.43. The molecule has 118 valence electrons. The van der Waals surface area contributed by atoms with Crippen molar-refractivity contribution in [1.29, 1.82) is 0 Å². The average molecular weight is 335 g/mol. The quantitative estimate of drug-likeness (QED) is 0.835. The van der Waals surface area contributed by atoms with Gasteiger partial charge in [0.25, 0.3) is 15.0 Å². The zero-order valence-corrected chi connectivity index (χ0v) is 13.4. The predicted octanol–water partition coefficient (Wildman–Crippen LogP) is 1.97. The van der Waals surface area contributed by atoms with Gasteiger partial charge in [-0.2, -0.15) is 0 Å². The number of aromatic nitrogens is 1. The van der Waals surface area contributed by atoms with Crippen LogP contribution < -0.4 is 0 Å². The molecule has 1 amide bonds. The predicted molar refractivity (Wildman–Crippen MR) is 79.0 cm³/mol. The molecule has 2 heterocycles. The number of hydrogen-bond acceptors (Lipinski definition) is 4. The van der Waals surface area contributed by atoms with Crippen molar-refractivity contribution in [2.24, 2.45) is 0 Å². The smallest absolute Gasteiger partial charge is 0.270 e. The second-order valence-electron chi connectivity index (χ2n) is 5.07. The Labute approximate surface area is 128 Å². The second kappa shape index (κ2) is 6.81. The number of ether oxygens (including phenoxy) is 1. The number of carbonyl (C=O) groups excluding carboxylic acids is 1. The maximum Gasteiger partial charge on any atom is 0.270 e. The maximum absolute atomic E-state index is 12.4. The molecule has 1 aliphatic rings. The van der Waals surface area contributed by atoms with Crippen molar-refractivity contribution in [3.63, 3.8) is 0 Å². The second-order valence-corrected chi connectivity index (χ2v) is 7.64. The van der Waals surface area contributed by atoms with E-state index in [0.717, 1.165) is 19.3 Å². The summed E-state index contributed by atoms with van der Waals surface area (Å²) in [6, 6.07) is 1.27. The zero-order chi connectivity index (χ0) is 15.5. The highest BCUT2D eigenvalue weighted by Gasteiger charge is 2.26. The summed E-state index contributed by atoms with van der Waals surface area (Å²) >= 11 is 0. The van der Waals surface area contributed by atoms with E-state index in [4.69, 9.17) is 15.4 Å². The molecule has 6 nitrogen and oxygen atoms in total. The summed E-state index contributed by atoms with van der Waals surface area (Å²) in [5.41, 5.74) is 0.227. The van der Waals surface area contributed by atoms with Crippen LogP contribution in [0.3, 0.4) is 0 Å². The number of hydrogen-bond donors (Lipinski definition) is 1. The minimum atomic E-state index is -3.82. The van der Waals surface area contributed by atoms with E-state index in [1.165, 1.54) is 12.3 Å². The Bertz CT molecular complexity index is 599. The van der Waals surface area contributed by atoms with E-state index in [2.05, 4.69) is 4.98 Å². The molecular formula is C13H19ClN2O4S. The van der Waals surface area contributed by atoms with E-state index >= 15 is 0 Å². The third-order valence-corrected chi connectivity index (χ3v) is 4.72. The number of rotatable bonds is 5. The van der Waals surface area contributed by atoms with E-state index < -0.39 is 9.05 Å². The standard InChI is InChI=1S/C13H19ClN2O4S/c1-2-6-20-10-4-3-5-16(9-10)13(17)12-7-11(8-15-12)21(14,18)19/h7-8,10,15H,2-6,9H2,1H3. The number of nitrogens with one attached hydrogen (secondary N) is 1. The topological polar surface area (TPSA) is 79.5 Å². The first kappa shape index (κ1) is 16.3. The first-order valence-corrected chi connectivity index (χ1v) is 9.26. The highest BCUT2D eigenvalue weighted by molar-refractivity contribution is 8.13. The Balaban J connectivity index is 2.04. The fourth-order valence-electron chi connectivity index (χ4n) is 2.35. The van der Waals surface area contributed by atoms with Gasteiger partial charge in [-0.3, -0.25) is 4.79 Å². The monoisotopic (exact) mass is 334 g/mol. The van der Waals surface area contributed by atoms with Crippen molar-refractivity contribution in [3.05, 3.63) is 18.0 Å². The molecule has 1 aromatic rings. The van der Waals surface area contributed by atoms with Crippen molar-refractivity contribution >= 4 is 25.6 Å². The molecular weight excluding hydrogens is 316 g/mol. The Hall–Kier alpha value is -1.05. The third kappa shape index (κ3) is 4.21. The largest absolute Gasteiger partial charge is 0.376 e. The fraction of sp³-hybridized carbons (Fsp3) is 0.615. The van der Waals surface area contributed by atoms with Crippen LogP contribution in [0.2, 0.25) is 0 Å². The van der Waals surface area contributed by atoms with Gasteiger partial charge in [0, 0.05) is 36.6 Å². The molecule has 1 unspecified atom stereocenters. The Morgan fingerprint density at radius 1 is 1.57 bits per heavy atom. The van der Waals surface area contributed by atoms with E-state index in [-0.39, 0.29) is 22.6 Å². The number of piperidine rings is 1. The van der Waals surface area contributed by atoms with Crippen molar-refractivity contribution in [2.75, 3.05) is 19.7 Å². The van der Waals surface area contributed by atoms with Crippen LogP contribution in [0.1, 0.15) is 36.7 Å². The molecule has 1 aliphatic heterocycles. The van der Waals surface area contributed by atoms with Gasteiger partial charge in [-0.1, -0.05) is 6.92 Å².